The van der Waals surface area contributed by atoms with E-state index in [1.807, 2.05) is 0 Å². The van der Waals surface area contributed by atoms with Gasteiger partial charge in [-0.3, -0.25) is 0 Å². The molecule has 0 aliphatic carbocycles. The third-order valence-corrected chi connectivity index (χ3v) is 4.27. The molecule has 0 aromatic heterocycles. The van der Waals surface area contributed by atoms with E-state index in [9.17, 15) is 0 Å². The summed E-state index contributed by atoms with van der Waals surface area (Å²) < 4.78 is 1.25. The number of nitrogens with one attached hydrogen (secondary N) is 1. The predicted octanol–water partition coefficient (Wildman–Crippen LogP) is 3.05. The van der Waals surface area contributed by atoms with E-state index in [0.29, 0.717) is 0 Å². The second-order valence-electron chi connectivity index (χ2n) is 5.58. The third kappa shape index (κ3) is 4.08. The van der Waals surface area contributed by atoms with Gasteiger partial charge in [0.05, 0.1) is 0 Å². The van der Waals surface area contributed by atoms with Crippen LogP contribution in [0.3, 0.4) is 0 Å². The first-order chi connectivity index (χ1) is 8.65. The van der Waals surface area contributed by atoms with E-state index in [-0.39, 0.29) is 0 Å². The summed E-state index contributed by atoms with van der Waals surface area (Å²) in [7, 11) is 4.21. The maximum absolute atomic E-state index is 3.70. The molecule has 100 valence electrons. The molecule has 1 heterocycles. The topological polar surface area (TPSA) is 15.3 Å². The molecule has 18 heavy (non-hydrogen) atoms. The Labute approximate surface area is 119 Å². The van der Waals surface area contributed by atoms with Crippen molar-refractivity contribution in [3.05, 3.63) is 33.8 Å². The fourth-order valence-electron chi connectivity index (χ4n) is 2.62. The number of halogens is 1. The SMILES string of the molecule is CN(C)Cc1ccc(CC2CCCNC2)cc1Br. The second-order valence-corrected chi connectivity index (χ2v) is 6.43. The largest absolute Gasteiger partial charge is 0.316 e. The summed E-state index contributed by atoms with van der Waals surface area (Å²) in [6.07, 6.45) is 3.89. The van der Waals surface area contributed by atoms with Gasteiger partial charge in [0.15, 0.2) is 0 Å². The van der Waals surface area contributed by atoms with Crippen molar-refractivity contribution in [1.29, 1.82) is 0 Å². The van der Waals surface area contributed by atoms with Gasteiger partial charge < -0.3 is 10.2 Å². The summed E-state index contributed by atoms with van der Waals surface area (Å²) in [5.41, 5.74) is 2.82. The molecular formula is C15H23BrN2. The van der Waals surface area contributed by atoms with E-state index in [0.717, 1.165) is 12.5 Å². The smallest absolute Gasteiger partial charge is 0.0238 e. The standard InChI is InChI=1S/C15H23BrN2/c1-18(2)11-14-6-5-12(9-15(14)16)8-13-4-3-7-17-10-13/h5-6,9,13,17H,3-4,7-8,10-11H2,1-2H3. The summed E-state index contributed by atoms with van der Waals surface area (Å²) in [6, 6.07) is 6.85. The van der Waals surface area contributed by atoms with Crippen molar-refractivity contribution in [3.63, 3.8) is 0 Å². The van der Waals surface area contributed by atoms with Gasteiger partial charge in [-0.05, 0) is 69.6 Å². The average Bonchev–Trinajstić information content (AvgIpc) is 2.33. The third-order valence-electron chi connectivity index (χ3n) is 3.53. The molecule has 0 spiro atoms. The molecule has 1 aliphatic rings. The zero-order valence-electron chi connectivity index (χ0n) is 11.4. The molecule has 1 fully saturated rings. The van der Waals surface area contributed by atoms with Crippen molar-refractivity contribution in [2.45, 2.75) is 25.8 Å². The Hall–Kier alpha value is -0.380. The van der Waals surface area contributed by atoms with Crippen molar-refractivity contribution < 1.29 is 0 Å². The molecule has 0 amide bonds. The molecule has 1 aliphatic heterocycles. The number of nitrogens with zero attached hydrogens (tertiary/aromatic N) is 1. The van der Waals surface area contributed by atoms with E-state index < -0.39 is 0 Å². The summed E-state index contributed by atoms with van der Waals surface area (Å²) >= 11 is 3.70. The summed E-state index contributed by atoms with van der Waals surface area (Å²) in [6.45, 7) is 3.37. The van der Waals surface area contributed by atoms with E-state index in [1.165, 1.54) is 48.0 Å². The lowest BCUT2D eigenvalue weighted by Crippen LogP contribution is -2.30. The highest BCUT2D eigenvalue weighted by Gasteiger charge is 2.14. The molecular weight excluding hydrogens is 288 g/mol. The maximum atomic E-state index is 3.70. The van der Waals surface area contributed by atoms with Crippen molar-refractivity contribution in [1.82, 2.24) is 10.2 Å². The minimum atomic E-state index is 0.811. The van der Waals surface area contributed by atoms with Gasteiger partial charge in [-0.15, -0.1) is 0 Å². The van der Waals surface area contributed by atoms with Gasteiger partial charge in [0.1, 0.15) is 0 Å². The van der Waals surface area contributed by atoms with Gasteiger partial charge in [-0.25, -0.2) is 0 Å². The molecule has 0 radical (unpaired) electrons. The monoisotopic (exact) mass is 310 g/mol. The van der Waals surface area contributed by atoms with Gasteiger partial charge in [0.2, 0.25) is 0 Å². The quantitative estimate of drug-likeness (QED) is 0.919. The molecule has 0 saturated carbocycles. The number of benzene rings is 1. The van der Waals surface area contributed by atoms with Crippen molar-refractivity contribution in [2.75, 3.05) is 27.2 Å². The van der Waals surface area contributed by atoms with Crippen LogP contribution in [0.5, 0.6) is 0 Å². The molecule has 0 bridgehead atoms. The molecule has 1 atom stereocenters. The van der Waals surface area contributed by atoms with Crippen LogP contribution in [0, 0.1) is 5.92 Å². The Kier molecular flexibility index (Phi) is 5.22. The van der Waals surface area contributed by atoms with Gasteiger partial charge >= 0.3 is 0 Å². The molecule has 1 unspecified atom stereocenters. The molecule has 1 aromatic carbocycles. The number of piperidine rings is 1. The predicted molar refractivity (Wildman–Crippen MR) is 80.8 cm³/mol. The normalized spacial score (nSPS) is 20.3. The van der Waals surface area contributed by atoms with E-state index in [1.54, 1.807) is 0 Å². The minimum Gasteiger partial charge on any atom is -0.316 e. The lowest BCUT2D eigenvalue weighted by Gasteiger charge is -2.23. The fraction of sp³-hybridized carbons (Fsp3) is 0.600. The van der Waals surface area contributed by atoms with Crippen molar-refractivity contribution >= 4 is 15.9 Å². The highest BCUT2D eigenvalue weighted by Crippen LogP contribution is 2.23. The first-order valence-corrected chi connectivity index (χ1v) is 7.57. The lowest BCUT2D eigenvalue weighted by atomic mass is 9.92. The van der Waals surface area contributed by atoms with Crippen LogP contribution < -0.4 is 5.32 Å². The van der Waals surface area contributed by atoms with Crippen LogP contribution in [-0.2, 0) is 13.0 Å². The van der Waals surface area contributed by atoms with Crippen LogP contribution in [0.4, 0.5) is 0 Å². The van der Waals surface area contributed by atoms with Crippen molar-refractivity contribution in [3.8, 4) is 0 Å². The Morgan fingerprint density at radius 2 is 2.22 bits per heavy atom. The van der Waals surface area contributed by atoms with E-state index in [4.69, 9.17) is 0 Å². The summed E-state index contributed by atoms with van der Waals surface area (Å²) in [5.74, 6) is 0.811. The van der Waals surface area contributed by atoms with Gasteiger partial charge in [-0.1, -0.05) is 28.1 Å². The minimum absolute atomic E-state index is 0.811. The zero-order valence-corrected chi connectivity index (χ0v) is 13.0. The van der Waals surface area contributed by atoms with E-state index >= 15 is 0 Å². The number of hydrogen-bond acceptors (Lipinski definition) is 2. The fourth-order valence-corrected chi connectivity index (χ4v) is 3.17. The maximum Gasteiger partial charge on any atom is 0.0238 e. The van der Waals surface area contributed by atoms with Crippen LogP contribution >= 0.6 is 15.9 Å². The molecule has 2 rings (SSSR count). The Morgan fingerprint density at radius 1 is 1.39 bits per heavy atom. The molecule has 3 heteroatoms. The zero-order chi connectivity index (χ0) is 13.0. The van der Waals surface area contributed by atoms with Crippen LogP contribution in [0.2, 0.25) is 0 Å². The van der Waals surface area contributed by atoms with Crippen LogP contribution in [0.15, 0.2) is 22.7 Å². The highest BCUT2D eigenvalue weighted by molar-refractivity contribution is 9.10. The lowest BCUT2D eigenvalue weighted by molar-refractivity contribution is 0.376. The van der Waals surface area contributed by atoms with Crippen molar-refractivity contribution in [2.24, 2.45) is 5.92 Å². The van der Waals surface area contributed by atoms with Gasteiger partial charge in [0, 0.05) is 11.0 Å². The van der Waals surface area contributed by atoms with E-state index in [2.05, 4.69) is 58.4 Å². The van der Waals surface area contributed by atoms with Crippen LogP contribution in [0.25, 0.3) is 0 Å². The number of rotatable bonds is 4. The van der Waals surface area contributed by atoms with Crippen LogP contribution in [0.1, 0.15) is 24.0 Å². The first-order valence-electron chi connectivity index (χ1n) is 6.78. The second kappa shape index (κ2) is 6.69. The van der Waals surface area contributed by atoms with Gasteiger partial charge in [0.25, 0.3) is 0 Å². The summed E-state index contributed by atoms with van der Waals surface area (Å²) in [4.78, 5) is 2.20. The van der Waals surface area contributed by atoms with Crippen LogP contribution in [-0.4, -0.2) is 32.1 Å². The molecule has 1 aromatic rings. The Balaban J connectivity index is 1.99. The average molecular weight is 311 g/mol. The molecule has 1 N–H and O–H groups in total. The summed E-state index contributed by atoms with van der Waals surface area (Å²) in [5, 5.41) is 3.49. The molecule has 2 nitrogen and oxygen atoms in total. The number of hydrogen-bond donors (Lipinski definition) is 1. The van der Waals surface area contributed by atoms with Gasteiger partial charge in [-0.2, -0.15) is 0 Å². The Morgan fingerprint density at radius 3 is 2.83 bits per heavy atom. The first kappa shape index (κ1) is 14.0. The highest BCUT2D eigenvalue weighted by atomic mass is 79.9. The molecule has 1 saturated heterocycles. The Bertz CT molecular complexity index is 384.